The van der Waals surface area contributed by atoms with Crippen LogP contribution >= 0.6 is 0 Å². The van der Waals surface area contributed by atoms with Crippen LogP contribution in [0.1, 0.15) is 27.2 Å². The second kappa shape index (κ2) is 6.20. The Hall–Kier alpha value is -1.82. The highest BCUT2D eigenvalue weighted by Crippen LogP contribution is 2.27. The molecule has 0 aliphatic rings. The van der Waals surface area contributed by atoms with Crippen molar-refractivity contribution in [3.8, 4) is 0 Å². The number of hydrazine groups is 1. The van der Waals surface area contributed by atoms with Gasteiger partial charge in [-0.1, -0.05) is 6.92 Å². The molecule has 0 aromatic heterocycles. The van der Waals surface area contributed by atoms with Crippen molar-refractivity contribution in [3.63, 3.8) is 0 Å². The monoisotopic (exact) mass is 252 g/mol. The van der Waals surface area contributed by atoms with Gasteiger partial charge in [0.15, 0.2) is 0 Å². The van der Waals surface area contributed by atoms with Gasteiger partial charge in [-0.05, 0) is 26.3 Å². The fourth-order valence-corrected chi connectivity index (χ4v) is 1.88. The third-order valence-electron chi connectivity index (χ3n) is 2.70. The largest absolute Gasteiger partial charge is 0.369 e. The van der Waals surface area contributed by atoms with Crippen LogP contribution in [0.15, 0.2) is 18.2 Å². The Morgan fingerprint density at radius 3 is 2.56 bits per heavy atom. The number of anilines is 2. The number of non-ortho nitro benzene ring substituents is 1. The second-order valence-electron chi connectivity index (χ2n) is 4.43. The fourth-order valence-electron chi connectivity index (χ4n) is 1.88. The van der Waals surface area contributed by atoms with Gasteiger partial charge in [-0.25, -0.2) is 0 Å². The van der Waals surface area contributed by atoms with E-state index in [-0.39, 0.29) is 11.7 Å². The zero-order valence-corrected chi connectivity index (χ0v) is 11.0. The first kappa shape index (κ1) is 14.2. The molecular formula is C12H20N4O2. The summed E-state index contributed by atoms with van der Waals surface area (Å²) in [5.41, 5.74) is 3.87. The number of nitro benzene ring substituents is 1. The first-order valence-corrected chi connectivity index (χ1v) is 6.02. The molecule has 18 heavy (non-hydrogen) atoms. The van der Waals surface area contributed by atoms with Crippen LogP contribution in [0.5, 0.6) is 0 Å². The van der Waals surface area contributed by atoms with Crippen LogP contribution in [0.4, 0.5) is 17.1 Å². The molecule has 6 heteroatoms. The summed E-state index contributed by atoms with van der Waals surface area (Å²) >= 11 is 0. The van der Waals surface area contributed by atoms with E-state index in [1.165, 1.54) is 6.07 Å². The molecule has 0 bridgehead atoms. The average Bonchev–Trinajstić information content (AvgIpc) is 2.34. The van der Waals surface area contributed by atoms with Crippen molar-refractivity contribution in [1.29, 1.82) is 0 Å². The summed E-state index contributed by atoms with van der Waals surface area (Å²) in [6, 6.07) is 5.10. The maximum absolute atomic E-state index is 10.9. The van der Waals surface area contributed by atoms with E-state index in [0.717, 1.165) is 18.7 Å². The maximum Gasteiger partial charge on any atom is 0.273 e. The standard InChI is InChI=1S/C12H20N4O2/c1-4-5-15(9(2)3)11-6-10(14-13)7-12(8-11)16(17)18/h6-9,14H,4-5,13H2,1-3H3. The number of benzene rings is 1. The first-order chi connectivity index (χ1) is 8.49. The minimum atomic E-state index is -0.408. The molecule has 0 spiro atoms. The maximum atomic E-state index is 10.9. The van der Waals surface area contributed by atoms with Crippen molar-refractivity contribution in [2.45, 2.75) is 33.2 Å². The molecule has 1 aromatic carbocycles. The zero-order valence-electron chi connectivity index (χ0n) is 11.0. The molecule has 1 rings (SSSR count). The van der Waals surface area contributed by atoms with Gasteiger partial charge in [0.25, 0.3) is 5.69 Å². The topological polar surface area (TPSA) is 84.4 Å². The van der Waals surface area contributed by atoms with E-state index in [1.807, 2.05) is 6.07 Å². The lowest BCUT2D eigenvalue weighted by molar-refractivity contribution is -0.384. The lowest BCUT2D eigenvalue weighted by Gasteiger charge is -2.28. The predicted molar refractivity (Wildman–Crippen MR) is 73.7 cm³/mol. The van der Waals surface area contributed by atoms with E-state index >= 15 is 0 Å². The first-order valence-electron chi connectivity index (χ1n) is 6.02. The highest BCUT2D eigenvalue weighted by atomic mass is 16.6. The van der Waals surface area contributed by atoms with Gasteiger partial charge < -0.3 is 10.3 Å². The number of hydrogen-bond donors (Lipinski definition) is 2. The van der Waals surface area contributed by atoms with Crippen molar-refractivity contribution in [3.05, 3.63) is 28.3 Å². The summed E-state index contributed by atoms with van der Waals surface area (Å²) in [4.78, 5) is 12.6. The molecular weight excluding hydrogens is 232 g/mol. The number of rotatable bonds is 6. The van der Waals surface area contributed by atoms with Crippen molar-refractivity contribution in [1.82, 2.24) is 0 Å². The molecule has 0 aliphatic heterocycles. The van der Waals surface area contributed by atoms with Gasteiger partial charge >= 0.3 is 0 Å². The molecule has 0 saturated carbocycles. The van der Waals surface area contributed by atoms with Crippen LogP contribution in [-0.2, 0) is 0 Å². The molecule has 1 aromatic rings. The smallest absolute Gasteiger partial charge is 0.273 e. The van der Waals surface area contributed by atoms with Gasteiger partial charge in [0.05, 0.1) is 10.6 Å². The normalized spacial score (nSPS) is 10.5. The Labute approximate surface area is 107 Å². The van der Waals surface area contributed by atoms with Crippen molar-refractivity contribution >= 4 is 17.1 Å². The number of nitrogens with one attached hydrogen (secondary N) is 1. The second-order valence-corrected chi connectivity index (χ2v) is 4.43. The van der Waals surface area contributed by atoms with Crippen LogP contribution in [0.2, 0.25) is 0 Å². The van der Waals surface area contributed by atoms with Crippen LogP contribution in [-0.4, -0.2) is 17.5 Å². The van der Waals surface area contributed by atoms with Crippen molar-refractivity contribution in [2.75, 3.05) is 16.9 Å². The highest BCUT2D eigenvalue weighted by Gasteiger charge is 2.15. The van der Waals surface area contributed by atoms with Gasteiger partial charge in [0.1, 0.15) is 0 Å². The van der Waals surface area contributed by atoms with Crippen molar-refractivity contribution in [2.24, 2.45) is 5.84 Å². The molecule has 0 radical (unpaired) electrons. The van der Waals surface area contributed by atoms with Crippen LogP contribution in [0.25, 0.3) is 0 Å². The van der Waals surface area contributed by atoms with Gasteiger partial charge in [-0.3, -0.25) is 16.0 Å². The molecule has 0 saturated heterocycles. The summed E-state index contributed by atoms with van der Waals surface area (Å²) in [6.07, 6.45) is 0.978. The molecule has 0 aliphatic carbocycles. The highest BCUT2D eigenvalue weighted by molar-refractivity contribution is 5.64. The van der Waals surface area contributed by atoms with Crippen LogP contribution in [0.3, 0.4) is 0 Å². The molecule has 100 valence electrons. The molecule has 0 fully saturated rings. The van der Waals surface area contributed by atoms with E-state index in [9.17, 15) is 10.1 Å². The Morgan fingerprint density at radius 1 is 1.44 bits per heavy atom. The third kappa shape index (κ3) is 3.33. The summed E-state index contributed by atoms with van der Waals surface area (Å²) < 4.78 is 0. The molecule has 0 heterocycles. The quantitative estimate of drug-likeness (QED) is 0.461. The number of nitro groups is 1. The SMILES string of the molecule is CCCN(c1cc(NN)cc([N+](=O)[O-])c1)C(C)C. The number of nitrogen functional groups attached to an aromatic ring is 1. The Kier molecular flexibility index (Phi) is 4.91. The van der Waals surface area contributed by atoms with E-state index in [1.54, 1.807) is 6.07 Å². The van der Waals surface area contributed by atoms with Gasteiger partial charge in [0, 0.05) is 30.4 Å². The lowest BCUT2D eigenvalue weighted by Crippen LogP contribution is -2.31. The Bertz CT molecular complexity index is 421. The predicted octanol–water partition coefficient (Wildman–Crippen LogP) is 2.51. The van der Waals surface area contributed by atoms with Crippen molar-refractivity contribution < 1.29 is 4.92 Å². The summed E-state index contributed by atoms with van der Waals surface area (Å²) in [5.74, 6) is 5.35. The van der Waals surface area contributed by atoms with Gasteiger partial charge in [-0.2, -0.15) is 0 Å². The van der Waals surface area contributed by atoms with E-state index < -0.39 is 4.92 Å². The zero-order chi connectivity index (χ0) is 13.7. The van der Waals surface area contributed by atoms with E-state index in [4.69, 9.17) is 5.84 Å². The van der Waals surface area contributed by atoms with E-state index in [0.29, 0.717) is 5.69 Å². The summed E-state index contributed by atoms with van der Waals surface area (Å²) in [6.45, 7) is 7.05. The summed E-state index contributed by atoms with van der Waals surface area (Å²) in [5, 5.41) is 10.9. The number of nitrogens with two attached hydrogens (primary N) is 1. The molecule has 3 N–H and O–H groups in total. The third-order valence-corrected chi connectivity index (χ3v) is 2.70. The minimum absolute atomic E-state index is 0.0437. The van der Waals surface area contributed by atoms with E-state index in [2.05, 4.69) is 31.1 Å². The lowest BCUT2D eigenvalue weighted by atomic mass is 10.2. The number of nitrogens with zero attached hydrogens (tertiary/aromatic N) is 2. The van der Waals surface area contributed by atoms with Gasteiger partial charge in [-0.15, -0.1) is 0 Å². The average molecular weight is 252 g/mol. The number of hydrogen-bond acceptors (Lipinski definition) is 5. The Balaban J connectivity index is 3.20. The minimum Gasteiger partial charge on any atom is -0.369 e. The van der Waals surface area contributed by atoms with Crippen LogP contribution in [0, 0.1) is 10.1 Å². The summed E-state index contributed by atoms with van der Waals surface area (Å²) in [7, 11) is 0. The fraction of sp³-hybridized carbons (Fsp3) is 0.500. The van der Waals surface area contributed by atoms with Crippen LogP contribution < -0.4 is 16.2 Å². The van der Waals surface area contributed by atoms with Gasteiger partial charge in [0.2, 0.25) is 0 Å². The Morgan fingerprint density at radius 2 is 2.11 bits per heavy atom. The molecule has 6 nitrogen and oxygen atoms in total. The molecule has 0 amide bonds. The molecule has 0 unspecified atom stereocenters. The molecule has 0 atom stereocenters.